The van der Waals surface area contributed by atoms with Gasteiger partial charge in [-0.2, -0.15) is 0 Å². The lowest BCUT2D eigenvalue weighted by Gasteiger charge is -2.25. The van der Waals surface area contributed by atoms with E-state index in [1.807, 2.05) is 15.7 Å². The zero-order valence-electron chi connectivity index (χ0n) is 15.3. The smallest absolute Gasteiger partial charge is 0.224 e. The zero-order valence-corrected chi connectivity index (χ0v) is 15.3. The molecule has 2 aliphatic heterocycles. The van der Waals surface area contributed by atoms with Gasteiger partial charge in [0, 0.05) is 38.4 Å². The molecule has 0 bridgehead atoms. The molecule has 0 saturated carbocycles. The Labute approximate surface area is 154 Å². The molecule has 4 heterocycles. The minimum Gasteiger partial charge on any atom is -0.337 e. The van der Waals surface area contributed by atoms with E-state index in [0.717, 1.165) is 37.3 Å². The number of pyridine rings is 1. The molecule has 1 amide bonds. The second kappa shape index (κ2) is 7.99. The normalized spacial score (nSPS) is 20.8. The molecule has 26 heavy (non-hydrogen) atoms. The van der Waals surface area contributed by atoms with Gasteiger partial charge in [0.15, 0.2) is 0 Å². The van der Waals surface area contributed by atoms with E-state index in [2.05, 4.69) is 28.1 Å². The van der Waals surface area contributed by atoms with E-state index in [1.165, 1.54) is 25.9 Å². The van der Waals surface area contributed by atoms with Gasteiger partial charge in [0.1, 0.15) is 0 Å². The van der Waals surface area contributed by atoms with Crippen molar-refractivity contribution in [2.75, 3.05) is 19.6 Å². The topological polar surface area (TPSA) is 54.3 Å². The first kappa shape index (κ1) is 17.2. The maximum Gasteiger partial charge on any atom is 0.224 e. The average Bonchev–Trinajstić information content (AvgIpc) is 3.41. The number of hydrogen-bond acceptors (Lipinski definition) is 4. The van der Waals surface area contributed by atoms with E-state index in [1.54, 1.807) is 12.5 Å². The van der Waals surface area contributed by atoms with Gasteiger partial charge in [-0.1, -0.05) is 6.07 Å². The van der Waals surface area contributed by atoms with Gasteiger partial charge >= 0.3 is 0 Å². The van der Waals surface area contributed by atoms with Crippen molar-refractivity contribution < 1.29 is 4.79 Å². The van der Waals surface area contributed by atoms with Gasteiger partial charge < -0.3 is 9.47 Å². The Morgan fingerprint density at radius 3 is 2.85 bits per heavy atom. The van der Waals surface area contributed by atoms with Crippen molar-refractivity contribution in [2.24, 2.45) is 0 Å². The number of imidazole rings is 1. The van der Waals surface area contributed by atoms with Gasteiger partial charge in [-0.25, -0.2) is 4.98 Å². The van der Waals surface area contributed by atoms with Crippen molar-refractivity contribution in [1.29, 1.82) is 0 Å². The fourth-order valence-corrected chi connectivity index (χ4v) is 4.10. The van der Waals surface area contributed by atoms with Gasteiger partial charge in [-0.3, -0.25) is 14.7 Å². The summed E-state index contributed by atoms with van der Waals surface area (Å²) in [5, 5.41) is 0. The van der Waals surface area contributed by atoms with Crippen molar-refractivity contribution in [1.82, 2.24) is 24.3 Å². The second-order valence-electron chi connectivity index (χ2n) is 7.33. The summed E-state index contributed by atoms with van der Waals surface area (Å²) in [5.74, 6) is 0.216. The molecule has 0 aromatic carbocycles. The zero-order chi connectivity index (χ0) is 17.8. The van der Waals surface area contributed by atoms with Crippen molar-refractivity contribution in [3.8, 4) is 0 Å². The Hall–Kier alpha value is -2.21. The Bertz CT molecular complexity index is 724. The number of hydrogen-bond donors (Lipinski definition) is 0. The molecule has 2 fully saturated rings. The molecule has 138 valence electrons. The number of rotatable bonds is 6. The molecule has 2 saturated heterocycles. The van der Waals surface area contributed by atoms with Crippen LogP contribution in [0.3, 0.4) is 0 Å². The maximum absolute atomic E-state index is 12.7. The molecule has 6 nitrogen and oxygen atoms in total. The molecular weight excluding hydrogens is 326 g/mol. The van der Waals surface area contributed by atoms with Crippen LogP contribution in [0.2, 0.25) is 0 Å². The van der Waals surface area contributed by atoms with E-state index in [-0.39, 0.29) is 11.9 Å². The lowest BCUT2D eigenvalue weighted by molar-refractivity contribution is -0.132. The molecule has 1 atom stereocenters. The standard InChI is InChI=1S/C20H27N5O/c26-20(8-13-24-14-9-21-16-24)25-12-4-7-19(25)18-6-3-5-17(22-18)15-23-10-1-2-11-23/h3,5-6,9,14,16,19H,1-2,4,7-8,10-13,15H2. The minimum absolute atomic E-state index is 0.129. The summed E-state index contributed by atoms with van der Waals surface area (Å²) in [7, 11) is 0. The van der Waals surface area contributed by atoms with Gasteiger partial charge in [0.2, 0.25) is 5.91 Å². The van der Waals surface area contributed by atoms with Crippen molar-refractivity contribution in [3.63, 3.8) is 0 Å². The largest absolute Gasteiger partial charge is 0.337 e. The van der Waals surface area contributed by atoms with Gasteiger partial charge in [0.05, 0.1) is 23.8 Å². The Morgan fingerprint density at radius 1 is 1.15 bits per heavy atom. The van der Waals surface area contributed by atoms with Crippen molar-refractivity contribution in [3.05, 3.63) is 48.3 Å². The first-order valence-corrected chi connectivity index (χ1v) is 9.73. The van der Waals surface area contributed by atoms with E-state index in [0.29, 0.717) is 13.0 Å². The molecule has 6 heteroatoms. The van der Waals surface area contributed by atoms with E-state index in [4.69, 9.17) is 4.98 Å². The number of aromatic nitrogens is 3. The summed E-state index contributed by atoms with van der Waals surface area (Å²) in [6.07, 6.45) is 10.6. The first-order chi connectivity index (χ1) is 12.8. The van der Waals surface area contributed by atoms with Crippen LogP contribution in [0.1, 0.15) is 49.5 Å². The predicted octanol–water partition coefficient (Wildman–Crippen LogP) is 2.63. The SMILES string of the molecule is O=C(CCn1ccnc1)N1CCCC1c1cccc(CN2CCCC2)n1. The maximum atomic E-state index is 12.7. The summed E-state index contributed by atoms with van der Waals surface area (Å²) < 4.78 is 1.96. The third-order valence-corrected chi connectivity index (χ3v) is 5.47. The summed E-state index contributed by atoms with van der Waals surface area (Å²) in [4.78, 5) is 26.2. The molecule has 1 unspecified atom stereocenters. The predicted molar refractivity (Wildman–Crippen MR) is 99.3 cm³/mol. The second-order valence-corrected chi connectivity index (χ2v) is 7.33. The van der Waals surface area contributed by atoms with Crippen LogP contribution >= 0.6 is 0 Å². The molecule has 0 spiro atoms. The van der Waals surface area contributed by atoms with E-state index in [9.17, 15) is 4.79 Å². The molecule has 2 aromatic rings. The summed E-state index contributed by atoms with van der Waals surface area (Å²) in [6, 6.07) is 6.42. The highest BCUT2D eigenvalue weighted by Crippen LogP contribution is 2.31. The Morgan fingerprint density at radius 2 is 2.04 bits per heavy atom. The van der Waals surface area contributed by atoms with Gasteiger partial charge in [0.25, 0.3) is 0 Å². The first-order valence-electron chi connectivity index (χ1n) is 9.73. The monoisotopic (exact) mass is 353 g/mol. The Balaban J connectivity index is 1.41. The number of carbonyl (C=O) groups is 1. The van der Waals surface area contributed by atoms with Gasteiger partial charge in [-0.05, 0) is 50.9 Å². The van der Waals surface area contributed by atoms with Crippen molar-refractivity contribution in [2.45, 2.75) is 51.2 Å². The Kier molecular flexibility index (Phi) is 5.29. The number of nitrogens with zero attached hydrogens (tertiary/aromatic N) is 5. The molecule has 0 radical (unpaired) electrons. The molecule has 2 aromatic heterocycles. The van der Waals surface area contributed by atoms with Gasteiger partial charge in [-0.15, -0.1) is 0 Å². The molecule has 0 aliphatic carbocycles. The lowest BCUT2D eigenvalue weighted by Crippen LogP contribution is -2.31. The quantitative estimate of drug-likeness (QED) is 0.801. The highest BCUT2D eigenvalue weighted by Gasteiger charge is 2.30. The minimum atomic E-state index is 0.129. The van der Waals surface area contributed by atoms with Crippen LogP contribution in [-0.2, 0) is 17.9 Å². The number of amides is 1. The van der Waals surface area contributed by atoms with Crippen LogP contribution in [0.15, 0.2) is 36.9 Å². The summed E-state index contributed by atoms with van der Waals surface area (Å²) >= 11 is 0. The third kappa shape index (κ3) is 3.96. The number of likely N-dealkylation sites (tertiary alicyclic amines) is 2. The van der Waals surface area contributed by atoms with Crippen molar-refractivity contribution >= 4 is 5.91 Å². The van der Waals surface area contributed by atoms with E-state index >= 15 is 0 Å². The molecule has 2 aliphatic rings. The highest BCUT2D eigenvalue weighted by molar-refractivity contribution is 5.76. The molecule has 4 rings (SSSR count). The molecule has 0 N–H and O–H groups in total. The number of carbonyl (C=O) groups excluding carboxylic acids is 1. The van der Waals surface area contributed by atoms with Crippen LogP contribution in [0.25, 0.3) is 0 Å². The van der Waals surface area contributed by atoms with Crippen LogP contribution in [0.5, 0.6) is 0 Å². The van der Waals surface area contributed by atoms with Crippen LogP contribution in [0, 0.1) is 0 Å². The third-order valence-electron chi connectivity index (χ3n) is 5.47. The average molecular weight is 353 g/mol. The highest BCUT2D eigenvalue weighted by atomic mass is 16.2. The summed E-state index contributed by atoms with van der Waals surface area (Å²) in [6.45, 7) is 4.80. The lowest BCUT2D eigenvalue weighted by atomic mass is 10.1. The fourth-order valence-electron chi connectivity index (χ4n) is 4.10. The summed E-state index contributed by atoms with van der Waals surface area (Å²) in [5.41, 5.74) is 2.18. The fraction of sp³-hybridized carbons (Fsp3) is 0.550. The number of aryl methyl sites for hydroxylation is 1. The van der Waals surface area contributed by atoms with Crippen LogP contribution in [0.4, 0.5) is 0 Å². The molecular formula is C20H27N5O. The van der Waals surface area contributed by atoms with E-state index < -0.39 is 0 Å². The van der Waals surface area contributed by atoms with Crippen LogP contribution < -0.4 is 0 Å². The van der Waals surface area contributed by atoms with Crippen LogP contribution in [-0.4, -0.2) is 49.9 Å².